The number of thioether (sulfide) groups is 1. The van der Waals surface area contributed by atoms with Gasteiger partial charge >= 0.3 is 0 Å². The van der Waals surface area contributed by atoms with Crippen molar-refractivity contribution in [1.82, 2.24) is 4.90 Å². The summed E-state index contributed by atoms with van der Waals surface area (Å²) in [4.78, 5) is 21.9. The highest BCUT2D eigenvalue weighted by Gasteiger charge is 2.28. The minimum absolute atomic E-state index is 0.200. The van der Waals surface area contributed by atoms with Crippen LogP contribution in [-0.2, 0) is 4.79 Å². The number of ether oxygens (including phenoxy) is 1. The molecule has 0 radical (unpaired) electrons. The molecule has 154 valence electrons. The molecule has 0 N–H and O–H groups in total. The monoisotopic (exact) mass is 439 g/mol. The van der Waals surface area contributed by atoms with Crippen molar-refractivity contribution in [2.75, 3.05) is 37.7 Å². The van der Waals surface area contributed by atoms with E-state index in [1.807, 2.05) is 54.6 Å². The van der Waals surface area contributed by atoms with Crippen LogP contribution in [0.4, 0.5) is 5.69 Å². The van der Waals surface area contributed by atoms with Crippen molar-refractivity contribution in [2.24, 2.45) is 4.99 Å². The highest BCUT2D eigenvalue weighted by Crippen LogP contribution is 2.33. The molecule has 2 aromatic rings. The van der Waals surface area contributed by atoms with Gasteiger partial charge in [-0.25, -0.2) is 0 Å². The predicted molar refractivity (Wildman–Crippen MR) is 125 cm³/mol. The Morgan fingerprint density at radius 2 is 1.77 bits per heavy atom. The van der Waals surface area contributed by atoms with Gasteiger partial charge in [0.15, 0.2) is 5.17 Å². The number of hydrogen-bond acceptors (Lipinski definition) is 5. The van der Waals surface area contributed by atoms with Gasteiger partial charge in [0, 0.05) is 42.5 Å². The van der Waals surface area contributed by atoms with Crippen molar-refractivity contribution in [3.05, 3.63) is 76.7 Å². The number of aliphatic imine (C=N–C) groups is 1. The first kappa shape index (κ1) is 20.6. The van der Waals surface area contributed by atoms with Gasteiger partial charge < -0.3 is 14.5 Å². The van der Waals surface area contributed by atoms with Gasteiger partial charge in [-0.2, -0.15) is 4.99 Å². The van der Waals surface area contributed by atoms with Crippen LogP contribution in [0.25, 0.3) is 6.08 Å². The summed E-state index contributed by atoms with van der Waals surface area (Å²) in [6.45, 7) is 7.46. The third kappa shape index (κ3) is 4.71. The van der Waals surface area contributed by atoms with Crippen LogP contribution in [0.5, 0.6) is 5.75 Å². The highest BCUT2D eigenvalue weighted by molar-refractivity contribution is 8.18. The van der Waals surface area contributed by atoms with Gasteiger partial charge in [-0.1, -0.05) is 42.5 Å². The van der Waals surface area contributed by atoms with Gasteiger partial charge in [-0.15, -0.1) is 0 Å². The molecule has 30 heavy (non-hydrogen) atoms. The first-order chi connectivity index (χ1) is 14.6. The van der Waals surface area contributed by atoms with Crippen LogP contribution in [0.3, 0.4) is 0 Å². The molecule has 2 aliphatic heterocycles. The van der Waals surface area contributed by atoms with E-state index in [1.165, 1.54) is 11.8 Å². The van der Waals surface area contributed by atoms with Crippen LogP contribution >= 0.6 is 23.4 Å². The number of carbonyl (C=O) groups excluding carboxylic acids is 1. The number of amidine groups is 1. The smallest absolute Gasteiger partial charge is 0.286 e. The zero-order valence-electron chi connectivity index (χ0n) is 16.5. The molecule has 7 heteroatoms. The molecule has 2 aliphatic rings. The van der Waals surface area contributed by atoms with Crippen LogP contribution in [0.15, 0.2) is 71.1 Å². The first-order valence-corrected chi connectivity index (χ1v) is 10.9. The third-order valence-electron chi connectivity index (χ3n) is 4.91. The quantitative estimate of drug-likeness (QED) is 0.499. The zero-order valence-corrected chi connectivity index (χ0v) is 18.0. The minimum atomic E-state index is -0.200. The molecule has 0 unspecified atom stereocenters. The number of anilines is 1. The van der Waals surface area contributed by atoms with Crippen LogP contribution in [0.2, 0.25) is 5.02 Å². The van der Waals surface area contributed by atoms with E-state index in [0.717, 1.165) is 53.4 Å². The summed E-state index contributed by atoms with van der Waals surface area (Å²) in [6.07, 6.45) is 3.55. The summed E-state index contributed by atoms with van der Waals surface area (Å²) >= 11 is 7.41. The average molecular weight is 440 g/mol. The highest BCUT2D eigenvalue weighted by atomic mass is 35.5. The SMILES string of the molecule is C=CCOc1ccccc1C=C1SC(N2CCN(c3ccc(Cl)cc3)CC2)=NC1=O. The van der Waals surface area contributed by atoms with E-state index in [-0.39, 0.29) is 5.91 Å². The van der Waals surface area contributed by atoms with E-state index in [0.29, 0.717) is 11.5 Å². The Morgan fingerprint density at radius 1 is 1.07 bits per heavy atom. The van der Waals surface area contributed by atoms with Crippen LogP contribution in [-0.4, -0.2) is 48.8 Å². The number of amides is 1. The Hall–Kier alpha value is -2.70. The second-order valence-electron chi connectivity index (χ2n) is 6.90. The van der Waals surface area contributed by atoms with Crippen molar-refractivity contribution in [2.45, 2.75) is 0 Å². The van der Waals surface area contributed by atoms with Gasteiger partial charge in [0.1, 0.15) is 12.4 Å². The normalized spacial score (nSPS) is 18.0. The van der Waals surface area contributed by atoms with Crippen molar-refractivity contribution >= 4 is 46.2 Å². The molecule has 0 saturated carbocycles. The summed E-state index contributed by atoms with van der Waals surface area (Å²) in [5.74, 6) is 0.525. The molecule has 1 fully saturated rings. The lowest BCUT2D eigenvalue weighted by molar-refractivity contribution is -0.113. The first-order valence-electron chi connectivity index (χ1n) is 9.75. The molecule has 4 rings (SSSR count). The summed E-state index contributed by atoms with van der Waals surface area (Å²) in [6, 6.07) is 15.5. The maximum Gasteiger partial charge on any atom is 0.286 e. The maximum absolute atomic E-state index is 12.5. The van der Waals surface area contributed by atoms with Crippen LogP contribution < -0.4 is 9.64 Å². The number of piperazine rings is 1. The standard InChI is InChI=1S/C23H22ClN3O2S/c1-2-15-29-20-6-4-3-5-17(20)16-21-22(28)25-23(30-21)27-13-11-26(12-14-27)19-9-7-18(24)8-10-19/h2-10,16H,1,11-15H2. The van der Waals surface area contributed by atoms with E-state index >= 15 is 0 Å². The summed E-state index contributed by atoms with van der Waals surface area (Å²) in [7, 11) is 0. The predicted octanol–water partition coefficient (Wildman–Crippen LogP) is 4.70. The summed E-state index contributed by atoms with van der Waals surface area (Å²) < 4.78 is 5.69. The van der Waals surface area contributed by atoms with Crippen molar-refractivity contribution in [3.63, 3.8) is 0 Å². The van der Waals surface area contributed by atoms with E-state index in [2.05, 4.69) is 21.4 Å². The largest absolute Gasteiger partial charge is 0.489 e. The molecule has 0 bridgehead atoms. The summed E-state index contributed by atoms with van der Waals surface area (Å²) in [5.41, 5.74) is 2.02. The second-order valence-corrected chi connectivity index (χ2v) is 8.34. The lowest BCUT2D eigenvalue weighted by atomic mass is 10.2. The van der Waals surface area contributed by atoms with E-state index in [4.69, 9.17) is 16.3 Å². The average Bonchev–Trinajstić information content (AvgIpc) is 3.14. The van der Waals surface area contributed by atoms with E-state index < -0.39 is 0 Å². The van der Waals surface area contributed by atoms with Crippen LogP contribution in [0, 0.1) is 0 Å². The lowest BCUT2D eigenvalue weighted by Crippen LogP contribution is -2.47. The fraction of sp³-hybridized carbons (Fsp3) is 0.217. The Labute approximate surface area is 185 Å². The lowest BCUT2D eigenvalue weighted by Gasteiger charge is -2.36. The molecule has 2 aromatic carbocycles. The Balaban J connectivity index is 1.41. The van der Waals surface area contributed by atoms with Crippen LogP contribution in [0.1, 0.15) is 5.56 Å². The topological polar surface area (TPSA) is 45.1 Å². The maximum atomic E-state index is 12.5. The van der Waals surface area contributed by atoms with Gasteiger partial charge in [-0.3, -0.25) is 4.79 Å². The Kier molecular flexibility index (Phi) is 6.45. The number of para-hydroxylation sites is 1. The van der Waals surface area contributed by atoms with Gasteiger partial charge in [0.05, 0.1) is 4.91 Å². The molecule has 2 heterocycles. The van der Waals surface area contributed by atoms with Crippen molar-refractivity contribution in [3.8, 4) is 5.75 Å². The number of benzene rings is 2. The van der Waals surface area contributed by atoms with Gasteiger partial charge in [0.25, 0.3) is 5.91 Å². The number of hydrogen-bond donors (Lipinski definition) is 0. The molecule has 0 spiro atoms. The third-order valence-corrected chi connectivity index (χ3v) is 6.21. The van der Waals surface area contributed by atoms with E-state index in [9.17, 15) is 4.79 Å². The number of nitrogens with zero attached hydrogens (tertiary/aromatic N) is 3. The Bertz CT molecular complexity index is 996. The molecular formula is C23H22ClN3O2S. The van der Waals surface area contributed by atoms with Gasteiger partial charge in [-0.05, 0) is 48.2 Å². The Morgan fingerprint density at radius 3 is 2.50 bits per heavy atom. The molecule has 1 amide bonds. The van der Waals surface area contributed by atoms with E-state index in [1.54, 1.807) is 6.08 Å². The van der Waals surface area contributed by atoms with Crippen molar-refractivity contribution < 1.29 is 9.53 Å². The molecule has 1 saturated heterocycles. The molecular weight excluding hydrogens is 418 g/mol. The molecule has 0 atom stereocenters. The molecule has 0 aliphatic carbocycles. The number of carbonyl (C=O) groups is 1. The fourth-order valence-electron chi connectivity index (χ4n) is 3.36. The fourth-order valence-corrected chi connectivity index (χ4v) is 4.44. The van der Waals surface area contributed by atoms with Crippen molar-refractivity contribution in [1.29, 1.82) is 0 Å². The second kappa shape index (κ2) is 9.41. The summed E-state index contributed by atoms with van der Waals surface area (Å²) in [5, 5.41) is 1.51. The van der Waals surface area contributed by atoms with Gasteiger partial charge in [0.2, 0.25) is 0 Å². The molecule has 0 aromatic heterocycles. The molecule has 5 nitrogen and oxygen atoms in total. The number of halogens is 1. The minimum Gasteiger partial charge on any atom is -0.489 e. The number of rotatable bonds is 5. The zero-order chi connectivity index (χ0) is 20.9.